The van der Waals surface area contributed by atoms with E-state index in [4.69, 9.17) is 51.0 Å². The summed E-state index contributed by atoms with van der Waals surface area (Å²) in [5, 5.41) is 21.0. The lowest BCUT2D eigenvalue weighted by Crippen LogP contribution is -2.43. The van der Waals surface area contributed by atoms with Crippen molar-refractivity contribution >= 4 is 72.5 Å². The zero-order valence-corrected chi connectivity index (χ0v) is 28.9. The van der Waals surface area contributed by atoms with Gasteiger partial charge in [-0.05, 0) is 57.7 Å². The van der Waals surface area contributed by atoms with E-state index < -0.39 is 53.7 Å². The van der Waals surface area contributed by atoms with Crippen LogP contribution in [-0.4, -0.2) is 92.9 Å². The second-order valence-electron chi connectivity index (χ2n) is 11.2. The third kappa shape index (κ3) is 8.88. The van der Waals surface area contributed by atoms with Gasteiger partial charge in [0.1, 0.15) is 17.3 Å². The highest BCUT2D eigenvalue weighted by atomic mass is 35.5. The number of halogens is 4. The molecule has 0 spiro atoms. The molecule has 2 fully saturated rings. The maximum atomic E-state index is 11.9. The molecule has 0 saturated heterocycles. The molecule has 0 bridgehead atoms. The Kier molecular flexibility index (Phi) is 12.2. The average molecular weight is 745 g/mol. The van der Waals surface area contributed by atoms with Gasteiger partial charge in [0.05, 0.1) is 44.2 Å². The third-order valence-corrected chi connectivity index (χ3v) is 12.0. The number of azo groups is 1. The quantitative estimate of drug-likeness (QED) is 0.156. The Morgan fingerprint density at radius 1 is 1.07 bits per heavy atom. The smallest absolute Gasteiger partial charge is 0.267 e. The van der Waals surface area contributed by atoms with Gasteiger partial charge >= 0.3 is 0 Å². The average Bonchev–Trinajstić information content (AvgIpc) is 3.31. The van der Waals surface area contributed by atoms with Crippen LogP contribution in [0, 0.1) is 11.3 Å². The van der Waals surface area contributed by atoms with Crippen LogP contribution in [0.4, 0.5) is 5.82 Å². The van der Waals surface area contributed by atoms with E-state index in [1.165, 1.54) is 4.68 Å². The van der Waals surface area contributed by atoms with Gasteiger partial charge < -0.3 is 4.90 Å². The molecule has 5 atom stereocenters. The van der Waals surface area contributed by atoms with Gasteiger partial charge in [0.25, 0.3) is 20.2 Å². The van der Waals surface area contributed by atoms with E-state index in [0.717, 1.165) is 6.42 Å². The lowest BCUT2D eigenvalue weighted by molar-refractivity contribution is 0.158. The number of aromatic nitrogens is 2. The first kappa shape index (κ1) is 36.3. The predicted octanol–water partition coefficient (Wildman–Crippen LogP) is 6.09. The van der Waals surface area contributed by atoms with Crippen molar-refractivity contribution in [3.63, 3.8) is 0 Å². The summed E-state index contributed by atoms with van der Waals surface area (Å²) in [7, 11) is -8.42. The van der Waals surface area contributed by atoms with Crippen molar-refractivity contribution in [2.24, 2.45) is 10.2 Å². The normalized spacial score (nSPS) is 28.0. The molecule has 0 amide bonds. The number of benzene rings is 1. The topological polar surface area (TPSA) is 178 Å². The minimum absolute atomic E-state index is 0.0745. The Hall–Kier alpha value is -1.54. The van der Waals surface area contributed by atoms with Crippen LogP contribution < -0.4 is 0 Å². The molecule has 5 unspecified atom stereocenters. The molecule has 1 aromatic heterocycles. The lowest BCUT2D eigenvalue weighted by Gasteiger charge is -2.37. The van der Waals surface area contributed by atoms with Crippen LogP contribution in [0.3, 0.4) is 0 Å². The molecule has 4 rings (SSSR count). The second kappa shape index (κ2) is 15.1. The Morgan fingerprint density at radius 2 is 1.73 bits per heavy atom. The molecule has 12 nitrogen and oxygen atoms in total. The zero-order valence-electron chi connectivity index (χ0n) is 24.3. The largest absolute Gasteiger partial charge is 0.301 e. The van der Waals surface area contributed by atoms with Gasteiger partial charge in [-0.3, -0.25) is 9.11 Å². The fourth-order valence-corrected chi connectivity index (χ4v) is 9.33. The van der Waals surface area contributed by atoms with E-state index in [1.54, 1.807) is 24.3 Å². The summed E-state index contributed by atoms with van der Waals surface area (Å²) in [5.41, 5.74) is 0.780. The second-order valence-corrected chi connectivity index (χ2v) is 16.6. The van der Waals surface area contributed by atoms with Gasteiger partial charge in [-0.1, -0.05) is 36.7 Å². The van der Waals surface area contributed by atoms with Gasteiger partial charge in [0.2, 0.25) is 0 Å². The van der Waals surface area contributed by atoms with Crippen LogP contribution >= 0.6 is 46.4 Å². The first-order valence-electron chi connectivity index (χ1n) is 14.4. The van der Waals surface area contributed by atoms with Gasteiger partial charge in [-0.25, -0.2) is 4.68 Å². The fourth-order valence-electron chi connectivity index (χ4n) is 6.05. The van der Waals surface area contributed by atoms with E-state index >= 15 is 0 Å². The summed E-state index contributed by atoms with van der Waals surface area (Å²) in [6.07, 6.45) is 1.95. The Morgan fingerprint density at radius 3 is 2.29 bits per heavy atom. The van der Waals surface area contributed by atoms with E-state index in [-0.39, 0.29) is 41.7 Å². The Bertz CT molecular complexity index is 1640. The molecule has 18 heteroatoms. The minimum Gasteiger partial charge on any atom is -0.301 e. The van der Waals surface area contributed by atoms with Crippen LogP contribution in [0.1, 0.15) is 57.1 Å². The maximum Gasteiger partial charge on any atom is 0.267 e. The summed E-state index contributed by atoms with van der Waals surface area (Å²) < 4.78 is 66.1. The summed E-state index contributed by atoms with van der Waals surface area (Å²) in [6.45, 7) is 3.15. The number of hydrogen-bond acceptors (Lipinski definition) is 9. The fraction of sp³-hybridized carbons (Fsp3) is 0.630. The van der Waals surface area contributed by atoms with E-state index in [1.807, 2.05) is 6.92 Å². The van der Waals surface area contributed by atoms with Gasteiger partial charge in [0, 0.05) is 11.6 Å². The van der Waals surface area contributed by atoms with Crippen LogP contribution in [0.25, 0.3) is 11.3 Å². The van der Waals surface area contributed by atoms with Crippen molar-refractivity contribution in [2.75, 3.05) is 18.8 Å². The number of alkyl halides is 3. The Balaban J connectivity index is 1.64. The van der Waals surface area contributed by atoms with Crippen LogP contribution in [-0.2, 0) is 20.2 Å². The molecule has 1 aromatic carbocycles. The predicted molar refractivity (Wildman–Crippen MR) is 174 cm³/mol. The SMILES string of the molecule is CCN(CCCS(=O)(=O)O)C1CCC(N=Nc2c(C#N)c(-c3ccccc3Cl)nn2C2C(Cl)CC(S(=O)(=O)O)CC2Cl)C(Cl)C1. The molecule has 2 aliphatic rings. The molecule has 248 valence electrons. The molecule has 2 saturated carbocycles. The standard InChI is InChI=1S/C27H34Cl4N6O6S2/c1-2-36(10-5-11-44(38,39)40)16-8-9-24(21(29)12-16)33-34-27-19(15-32)25(18-6-3-4-7-20(18)28)35-37(27)26-22(30)13-17(14-23(26)31)45(41,42)43/h3-4,6-7,16-17,21-24,26H,2,5,8-14H2,1H3,(H,38,39,40)(H,41,42,43). The number of rotatable bonds is 11. The summed E-state index contributed by atoms with van der Waals surface area (Å²) in [4.78, 5) is 2.14. The Labute approximate surface area is 283 Å². The van der Waals surface area contributed by atoms with Crippen molar-refractivity contribution in [1.29, 1.82) is 5.26 Å². The summed E-state index contributed by atoms with van der Waals surface area (Å²) >= 11 is 26.6. The molecule has 1 heterocycles. The van der Waals surface area contributed by atoms with E-state index in [2.05, 4.69) is 26.3 Å². The van der Waals surface area contributed by atoms with Crippen molar-refractivity contribution in [3.05, 3.63) is 34.9 Å². The minimum atomic E-state index is -4.39. The summed E-state index contributed by atoms with van der Waals surface area (Å²) in [5.74, 6) is -0.239. The number of nitriles is 1. The molecule has 0 radical (unpaired) electrons. The highest BCUT2D eigenvalue weighted by Gasteiger charge is 2.44. The van der Waals surface area contributed by atoms with E-state index in [9.17, 15) is 26.7 Å². The molecule has 2 aliphatic carbocycles. The molecule has 2 aromatic rings. The van der Waals surface area contributed by atoms with Crippen molar-refractivity contribution < 1.29 is 25.9 Å². The van der Waals surface area contributed by atoms with Crippen molar-refractivity contribution in [1.82, 2.24) is 14.7 Å². The highest BCUT2D eigenvalue weighted by molar-refractivity contribution is 7.86. The molecule has 2 N–H and O–H groups in total. The third-order valence-electron chi connectivity index (χ3n) is 8.33. The molecule has 0 aliphatic heterocycles. The van der Waals surface area contributed by atoms with Crippen molar-refractivity contribution in [2.45, 2.75) is 85.0 Å². The maximum absolute atomic E-state index is 11.9. The van der Waals surface area contributed by atoms with Gasteiger partial charge in [-0.2, -0.15) is 32.3 Å². The first-order valence-corrected chi connectivity index (χ1v) is 19.2. The highest BCUT2D eigenvalue weighted by Crippen LogP contribution is 2.44. The molecular weight excluding hydrogens is 710 g/mol. The molecule has 45 heavy (non-hydrogen) atoms. The van der Waals surface area contributed by atoms with Gasteiger partial charge in [0.15, 0.2) is 5.82 Å². The van der Waals surface area contributed by atoms with E-state index in [0.29, 0.717) is 42.9 Å². The van der Waals surface area contributed by atoms with Crippen LogP contribution in [0.5, 0.6) is 0 Å². The molecular formula is C27H34Cl4N6O6S2. The first-order chi connectivity index (χ1) is 21.1. The van der Waals surface area contributed by atoms with Crippen LogP contribution in [0.15, 0.2) is 34.5 Å². The monoisotopic (exact) mass is 742 g/mol. The van der Waals surface area contributed by atoms with Crippen molar-refractivity contribution in [3.8, 4) is 17.3 Å². The van der Waals surface area contributed by atoms with Crippen LogP contribution in [0.2, 0.25) is 5.02 Å². The number of hydrogen-bond donors (Lipinski definition) is 2. The van der Waals surface area contributed by atoms with Gasteiger partial charge in [-0.15, -0.1) is 39.9 Å². The summed E-state index contributed by atoms with van der Waals surface area (Å²) in [6, 6.07) is 7.87. The lowest BCUT2D eigenvalue weighted by atomic mass is 9.90. The zero-order chi connectivity index (χ0) is 33.1. The number of nitrogens with zero attached hydrogens (tertiary/aromatic N) is 6.